The third-order valence-electron chi connectivity index (χ3n) is 6.02. The minimum atomic E-state index is -0.177. The maximum Gasteiger partial charge on any atom is 0.241 e. The van der Waals surface area contributed by atoms with Gasteiger partial charge in [-0.15, -0.1) is 11.6 Å². The lowest BCUT2D eigenvalue weighted by molar-refractivity contribution is 0.188. The van der Waals surface area contributed by atoms with Crippen LogP contribution in [0, 0.1) is 17.7 Å². The second kappa shape index (κ2) is 7.95. The minimum absolute atomic E-state index is 0.177. The van der Waals surface area contributed by atoms with E-state index in [0.717, 1.165) is 31.0 Å². The molecule has 2 atom stereocenters. The van der Waals surface area contributed by atoms with Crippen LogP contribution in [0.15, 0.2) is 28.8 Å². The molecule has 2 fully saturated rings. The molecule has 0 amide bonds. The molecule has 140 valence electrons. The summed E-state index contributed by atoms with van der Waals surface area (Å²) < 4.78 is 19.0. The van der Waals surface area contributed by atoms with Crippen molar-refractivity contribution in [1.29, 1.82) is 0 Å². The van der Waals surface area contributed by atoms with Gasteiger partial charge in [0.25, 0.3) is 0 Å². The van der Waals surface area contributed by atoms with E-state index in [1.54, 1.807) is 12.1 Å². The van der Waals surface area contributed by atoms with Crippen molar-refractivity contribution in [3.8, 4) is 0 Å². The molecule has 1 saturated heterocycles. The molecule has 2 heterocycles. The zero-order valence-corrected chi connectivity index (χ0v) is 15.7. The van der Waals surface area contributed by atoms with E-state index < -0.39 is 0 Å². The Labute approximate surface area is 158 Å². The second-order valence-electron chi connectivity index (χ2n) is 7.56. The van der Waals surface area contributed by atoms with Crippen molar-refractivity contribution in [1.82, 2.24) is 10.1 Å². The van der Waals surface area contributed by atoms with Crippen LogP contribution in [-0.4, -0.2) is 23.2 Å². The van der Waals surface area contributed by atoms with Gasteiger partial charge in [0.1, 0.15) is 11.7 Å². The summed E-state index contributed by atoms with van der Waals surface area (Å²) in [5, 5.41) is 4.22. The maximum absolute atomic E-state index is 13.7. The number of alkyl halides is 1. The first-order valence-corrected chi connectivity index (χ1v) is 10.2. The molecule has 0 radical (unpaired) electrons. The summed E-state index contributed by atoms with van der Waals surface area (Å²) in [5.41, 5.74) is 0.971. The predicted molar refractivity (Wildman–Crippen MR) is 99.9 cm³/mol. The smallest absolute Gasteiger partial charge is 0.241 e. The van der Waals surface area contributed by atoms with Crippen LogP contribution < -0.4 is 4.90 Å². The summed E-state index contributed by atoms with van der Waals surface area (Å²) in [6.45, 7) is 1.80. The van der Waals surface area contributed by atoms with Crippen LogP contribution in [0.25, 0.3) is 0 Å². The van der Waals surface area contributed by atoms with Gasteiger partial charge in [-0.2, -0.15) is 4.98 Å². The maximum atomic E-state index is 13.7. The quantitative estimate of drug-likeness (QED) is 0.692. The normalized spacial score (nSPS) is 24.8. The lowest BCUT2D eigenvalue weighted by atomic mass is 9.71. The molecule has 0 bridgehead atoms. The Balaban J connectivity index is 1.58. The van der Waals surface area contributed by atoms with E-state index in [1.807, 2.05) is 6.07 Å². The molecule has 1 aromatic heterocycles. The van der Waals surface area contributed by atoms with E-state index in [9.17, 15) is 4.39 Å². The molecular weight excluding hydrogens is 353 g/mol. The highest BCUT2D eigenvalue weighted by atomic mass is 35.5. The van der Waals surface area contributed by atoms with Crippen LogP contribution in [0.5, 0.6) is 0 Å². The fourth-order valence-electron chi connectivity index (χ4n) is 4.72. The highest BCUT2D eigenvalue weighted by molar-refractivity contribution is 6.16. The molecule has 1 aliphatic carbocycles. The zero-order chi connectivity index (χ0) is 17.9. The van der Waals surface area contributed by atoms with Crippen molar-refractivity contribution in [2.24, 2.45) is 11.8 Å². The summed E-state index contributed by atoms with van der Waals surface area (Å²) in [5.74, 6) is 2.80. The minimum Gasteiger partial charge on any atom is -0.371 e. The van der Waals surface area contributed by atoms with Crippen molar-refractivity contribution in [3.63, 3.8) is 0 Å². The van der Waals surface area contributed by atoms with Crippen LogP contribution in [0.2, 0.25) is 0 Å². The van der Waals surface area contributed by atoms with Crippen molar-refractivity contribution in [2.75, 3.05) is 18.0 Å². The molecule has 6 heteroatoms. The largest absolute Gasteiger partial charge is 0.371 e. The van der Waals surface area contributed by atoms with Crippen LogP contribution in [-0.2, 0) is 5.88 Å². The van der Waals surface area contributed by atoms with Gasteiger partial charge in [-0.25, -0.2) is 4.39 Å². The number of rotatable bonds is 4. The van der Waals surface area contributed by atoms with Gasteiger partial charge in [0, 0.05) is 24.7 Å². The van der Waals surface area contributed by atoms with E-state index in [0.29, 0.717) is 23.6 Å². The van der Waals surface area contributed by atoms with Crippen LogP contribution >= 0.6 is 11.6 Å². The highest BCUT2D eigenvalue weighted by Crippen LogP contribution is 2.43. The first-order chi connectivity index (χ1) is 12.7. The molecule has 0 N–H and O–H groups in total. The Bertz CT molecular complexity index is 731. The molecular formula is C20H25ClFN3O. The molecule has 1 aromatic carbocycles. The highest BCUT2D eigenvalue weighted by Gasteiger charge is 2.38. The Morgan fingerprint density at radius 2 is 2.04 bits per heavy atom. The van der Waals surface area contributed by atoms with Crippen molar-refractivity contribution in [3.05, 3.63) is 41.8 Å². The first kappa shape index (κ1) is 17.8. The molecule has 1 saturated carbocycles. The van der Waals surface area contributed by atoms with Gasteiger partial charge in [-0.05, 0) is 36.5 Å². The molecule has 4 nitrogen and oxygen atoms in total. The topological polar surface area (TPSA) is 42.2 Å². The number of benzene rings is 1. The standard InChI is InChI=1S/C20H25ClFN3O/c21-12-19-23-20(24-26-19)17-9-10-25(16-8-4-7-15(22)11-16)13-18(17)14-5-2-1-3-6-14/h4,7-8,11,14,17-18H,1-3,5-6,9-10,12-13H2. The summed E-state index contributed by atoms with van der Waals surface area (Å²) in [6.07, 6.45) is 7.41. The summed E-state index contributed by atoms with van der Waals surface area (Å²) >= 11 is 5.84. The van der Waals surface area contributed by atoms with E-state index >= 15 is 0 Å². The number of hydrogen-bond acceptors (Lipinski definition) is 4. The molecule has 2 unspecified atom stereocenters. The Hall–Kier alpha value is -1.62. The van der Waals surface area contributed by atoms with E-state index in [1.165, 1.54) is 38.2 Å². The first-order valence-electron chi connectivity index (χ1n) is 9.63. The molecule has 26 heavy (non-hydrogen) atoms. The number of hydrogen-bond donors (Lipinski definition) is 0. The average molecular weight is 378 g/mol. The molecule has 2 aromatic rings. The van der Waals surface area contributed by atoms with Crippen LogP contribution in [0.1, 0.15) is 56.2 Å². The van der Waals surface area contributed by atoms with Crippen molar-refractivity contribution < 1.29 is 8.91 Å². The fraction of sp³-hybridized carbons (Fsp3) is 0.600. The van der Waals surface area contributed by atoms with Crippen LogP contribution in [0.4, 0.5) is 10.1 Å². The third-order valence-corrected chi connectivity index (χ3v) is 6.25. The van der Waals surface area contributed by atoms with Gasteiger partial charge in [0.05, 0.1) is 0 Å². The zero-order valence-electron chi connectivity index (χ0n) is 14.9. The summed E-state index contributed by atoms with van der Waals surface area (Å²) in [7, 11) is 0. The summed E-state index contributed by atoms with van der Waals surface area (Å²) in [4.78, 5) is 6.84. The van der Waals surface area contributed by atoms with Crippen molar-refractivity contribution >= 4 is 17.3 Å². The van der Waals surface area contributed by atoms with Crippen LogP contribution in [0.3, 0.4) is 0 Å². The van der Waals surface area contributed by atoms with Gasteiger partial charge in [-0.1, -0.05) is 43.3 Å². The molecule has 2 aliphatic rings. The monoisotopic (exact) mass is 377 g/mol. The number of anilines is 1. The number of aromatic nitrogens is 2. The number of nitrogens with zero attached hydrogens (tertiary/aromatic N) is 3. The molecule has 1 aliphatic heterocycles. The third kappa shape index (κ3) is 3.73. The lowest BCUT2D eigenvalue weighted by Gasteiger charge is -2.43. The number of halogens is 2. The summed E-state index contributed by atoms with van der Waals surface area (Å²) in [6, 6.07) is 6.93. The van der Waals surface area contributed by atoms with Gasteiger partial charge < -0.3 is 9.42 Å². The van der Waals surface area contributed by atoms with Gasteiger partial charge in [-0.3, -0.25) is 0 Å². The van der Waals surface area contributed by atoms with Crippen molar-refractivity contribution in [2.45, 2.75) is 50.3 Å². The fourth-order valence-corrected chi connectivity index (χ4v) is 4.83. The second-order valence-corrected chi connectivity index (χ2v) is 7.83. The average Bonchev–Trinajstić information content (AvgIpc) is 3.17. The SMILES string of the molecule is Fc1cccc(N2CCC(c3noc(CCl)n3)C(C3CCCCC3)C2)c1. The lowest BCUT2D eigenvalue weighted by Crippen LogP contribution is -2.43. The Kier molecular flexibility index (Phi) is 5.44. The number of piperidine rings is 1. The van der Waals surface area contributed by atoms with Gasteiger partial charge in [0.15, 0.2) is 5.82 Å². The Morgan fingerprint density at radius 3 is 2.77 bits per heavy atom. The molecule has 4 rings (SSSR count). The molecule has 0 spiro atoms. The van der Waals surface area contributed by atoms with E-state index in [-0.39, 0.29) is 11.7 Å². The van der Waals surface area contributed by atoms with E-state index in [2.05, 4.69) is 15.0 Å². The van der Waals surface area contributed by atoms with E-state index in [4.69, 9.17) is 16.1 Å². The Morgan fingerprint density at radius 1 is 1.19 bits per heavy atom. The van der Waals surface area contributed by atoms with Gasteiger partial charge in [0.2, 0.25) is 5.89 Å². The van der Waals surface area contributed by atoms with Gasteiger partial charge >= 0.3 is 0 Å². The predicted octanol–water partition coefficient (Wildman–Crippen LogP) is 5.14.